The summed E-state index contributed by atoms with van der Waals surface area (Å²) < 4.78 is 38.6. The summed E-state index contributed by atoms with van der Waals surface area (Å²) >= 11 is 1.34. The first-order chi connectivity index (χ1) is 12.9. The van der Waals surface area contributed by atoms with Gasteiger partial charge in [-0.15, -0.1) is 11.3 Å². The number of carbonyl (C=O) groups excluding carboxylic acids is 1. The van der Waals surface area contributed by atoms with Crippen molar-refractivity contribution in [2.75, 3.05) is 0 Å². The largest absolute Gasteiger partial charge is 0.416 e. The molecule has 27 heavy (non-hydrogen) atoms. The number of allylic oxidation sites excluding steroid dienone is 1. The van der Waals surface area contributed by atoms with E-state index in [1.165, 1.54) is 23.5 Å². The predicted octanol–water partition coefficient (Wildman–Crippen LogP) is 6.76. The molecule has 2 rings (SSSR count). The van der Waals surface area contributed by atoms with Crippen LogP contribution in [0.5, 0.6) is 0 Å². The minimum atomic E-state index is -4.38. The lowest BCUT2D eigenvalue weighted by Gasteiger charge is -2.23. The molecule has 2 nitrogen and oxygen atoms in total. The fraction of sp³-hybridized carbons (Fsp3) is 0.381. The van der Waals surface area contributed by atoms with Crippen LogP contribution in [0.4, 0.5) is 13.2 Å². The van der Waals surface area contributed by atoms with E-state index < -0.39 is 17.8 Å². The Labute approximate surface area is 162 Å². The summed E-state index contributed by atoms with van der Waals surface area (Å²) in [5.41, 5.74) is 0.997. The molecule has 0 bridgehead atoms. The number of hydrogen-bond acceptors (Lipinski definition) is 2. The van der Waals surface area contributed by atoms with Gasteiger partial charge in [0, 0.05) is 0 Å². The lowest BCUT2D eigenvalue weighted by atomic mass is 9.93. The molecule has 0 fully saturated rings. The lowest BCUT2D eigenvalue weighted by Crippen LogP contribution is -2.29. The Morgan fingerprint density at radius 1 is 1.15 bits per heavy atom. The summed E-state index contributed by atoms with van der Waals surface area (Å²) in [5.74, 6) is -0.214. The Kier molecular flexibility index (Phi) is 7.66. The summed E-state index contributed by atoms with van der Waals surface area (Å²) in [6.07, 6.45) is 1.21. The van der Waals surface area contributed by atoms with E-state index in [9.17, 15) is 18.0 Å². The Bertz CT molecular complexity index is 749. The minimum Gasteiger partial charge on any atom is -0.341 e. The molecule has 2 aromatic rings. The molecule has 1 N–H and O–H groups in total. The van der Waals surface area contributed by atoms with E-state index >= 15 is 0 Å². The number of carbonyl (C=O) groups is 1. The zero-order valence-electron chi connectivity index (χ0n) is 15.5. The Morgan fingerprint density at radius 2 is 1.85 bits per heavy atom. The van der Waals surface area contributed by atoms with Gasteiger partial charge in [-0.1, -0.05) is 51.0 Å². The van der Waals surface area contributed by atoms with Crippen molar-refractivity contribution in [2.24, 2.45) is 0 Å². The summed E-state index contributed by atoms with van der Waals surface area (Å²) in [6.45, 7) is 4.11. The zero-order valence-corrected chi connectivity index (χ0v) is 16.3. The third kappa shape index (κ3) is 5.96. The van der Waals surface area contributed by atoms with E-state index in [0.29, 0.717) is 10.4 Å². The number of amides is 1. The molecule has 0 unspecified atom stereocenters. The van der Waals surface area contributed by atoms with Gasteiger partial charge < -0.3 is 5.32 Å². The minimum absolute atomic E-state index is 0.214. The molecular weight excluding hydrogens is 371 g/mol. The SMILES string of the molecule is CCCC=C(CCC)[C@@H](NC(=O)c1cccs1)c1ccc(C(F)(F)F)cc1. The van der Waals surface area contributed by atoms with Crippen LogP contribution < -0.4 is 5.32 Å². The summed E-state index contributed by atoms with van der Waals surface area (Å²) in [7, 11) is 0. The van der Waals surface area contributed by atoms with E-state index in [2.05, 4.69) is 18.3 Å². The first kappa shape index (κ1) is 21.2. The molecule has 0 saturated carbocycles. The predicted molar refractivity (Wildman–Crippen MR) is 104 cm³/mol. The van der Waals surface area contributed by atoms with Crippen molar-refractivity contribution < 1.29 is 18.0 Å². The van der Waals surface area contributed by atoms with Crippen LogP contribution >= 0.6 is 11.3 Å². The van der Waals surface area contributed by atoms with Gasteiger partial charge in [0.2, 0.25) is 0 Å². The second-order valence-corrected chi connectivity index (χ2v) is 7.27. The number of hydrogen-bond donors (Lipinski definition) is 1. The van der Waals surface area contributed by atoms with Crippen molar-refractivity contribution >= 4 is 17.2 Å². The molecule has 0 aliphatic carbocycles. The first-order valence-corrected chi connectivity index (χ1v) is 9.95. The normalized spacial score (nSPS) is 13.4. The van der Waals surface area contributed by atoms with E-state index in [-0.39, 0.29) is 5.91 Å². The summed E-state index contributed by atoms with van der Waals surface area (Å²) in [6, 6.07) is 8.15. The molecule has 1 heterocycles. The fourth-order valence-corrected chi connectivity index (χ4v) is 3.47. The average molecular weight is 395 g/mol. The van der Waals surface area contributed by atoms with Gasteiger partial charge in [-0.25, -0.2) is 0 Å². The maximum Gasteiger partial charge on any atom is 0.416 e. The van der Waals surface area contributed by atoms with Crippen molar-refractivity contribution in [2.45, 2.75) is 51.7 Å². The van der Waals surface area contributed by atoms with Crippen molar-refractivity contribution in [3.05, 3.63) is 69.4 Å². The summed E-state index contributed by atoms with van der Waals surface area (Å²) in [4.78, 5) is 13.2. The Balaban J connectivity index is 2.37. The van der Waals surface area contributed by atoms with Gasteiger partial charge >= 0.3 is 6.18 Å². The molecule has 146 valence electrons. The van der Waals surface area contributed by atoms with Gasteiger partial charge in [-0.3, -0.25) is 4.79 Å². The highest BCUT2D eigenvalue weighted by molar-refractivity contribution is 7.12. The third-order valence-electron chi connectivity index (χ3n) is 4.20. The molecule has 0 radical (unpaired) electrons. The average Bonchev–Trinajstić information content (AvgIpc) is 3.17. The first-order valence-electron chi connectivity index (χ1n) is 9.07. The fourth-order valence-electron chi connectivity index (χ4n) is 2.85. The molecule has 1 aromatic carbocycles. The number of benzene rings is 1. The van der Waals surface area contributed by atoms with E-state index in [4.69, 9.17) is 0 Å². The highest BCUT2D eigenvalue weighted by Gasteiger charge is 2.30. The van der Waals surface area contributed by atoms with Gasteiger partial charge in [0.05, 0.1) is 16.5 Å². The van der Waals surface area contributed by atoms with Crippen LogP contribution in [-0.2, 0) is 6.18 Å². The van der Waals surface area contributed by atoms with Crippen LogP contribution in [0.3, 0.4) is 0 Å². The van der Waals surface area contributed by atoms with E-state index in [1.54, 1.807) is 12.1 Å². The standard InChI is InChI=1S/C21H24F3NOS/c1-3-5-8-15(7-4-2)19(25-20(26)18-9-6-14-27-18)16-10-12-17(13-11-16)21(22,23)24/h6,8-14,19H,3-5,7H2,1-2H3,(H,25,26)/t19-/m1/s1. The van der Waals surface area contributed by atoms with E-state index in [0.717, 1.165) is 43.4 Å². The van der Waals surface area contributed by atoms with Gasteiger partial charge in [0.15, 0.2) is 0 Å². The third-order valence-corrected chi connectivity index (χ3v) is 5.07. The second-order valence-electron chi connectivity index (χ2n) is 6.32. The van der Waals surface area contributed by atoms with Crippen molar-refractivity contribution in [1.82, 2.24) is 5.32 Å². The number of rotatable bonds is 8. The van der Waals surface area contributed by atoms with Crippen molar-refractivity contribution in [3.8, 4) is 0 Å². The molecule has 0 saturated heterocycles. The van der Waals surface area contributed by atoms with Crippen molar-refractivity contribution in [1.29, 1.82) is 0 Å². The molecular formula is C21H24F3NOS. The maximum absolute atomic E-state index is 12.9. The molecule has 1 amide bonds. The summed E-state index contributed by atoms with van der Waals surface area (Å²) in [5, 5.41) is 4.83. The topological polar surface area (TPSA) is 29.1 Å². The number of alkyl halides is 3. The van der Waals surface area contributed by atoms with Crippen LogP contribution in [0, 0.1) is 0 Å². The molecule has 0 aliphatic rings. The van der Waals surface area contributed by atoms with Crippen LogP contribution in [0.2, 0.25) is 0 Å². The number of nitrogens with one attached hydrogen (secondary N) is 1. The van der Waals surface area contributed by atoms with Crippen LogP contribution in [0.15, 0.2) is 53.4 Å². The molecule has 1 atom stereocenters. The maximum atomic E-state index is 12.9. The van der Waals surface area contributed by atoms with Crippen LogP contribution in [-0.4, -0.2) is 5.91 Å². The van der Waals surface area contributed by atoms with Gasteiger partial charge in [-0.05, 0) is 47.6 Å². The lowest BCUT2D eigenvalue weighted by molar-refractivity contribution is -0.137. The highest BCUT2D eigenvalue weighted by Crippen LogP contribution is 2.32. The quantitative estimate of drug-likeness (QED) is 0.491. The zero-order chi connectivity index (χ0) is 19.9. The number of unbranched alkanes of at least 4 members (excludes halogenated alkanes) is 1. The number of halogens is 3. The monoisotopic (exact) mass is 395 g/mol. The van der Waals surface area contributed by atoms with E-state index in [1.807, 2.05) is 12.3 Å². The number of thiophene rings is 1. The Hall–Kier alpha value is -2.08. The van der Waals surface area contributed by atoms with Gasteiger partial charge in [0.1, 0.15) is 0 Å². The smallest absolute Gasteiger partial charge is 0.341 e. The molecule has 0 aliphatic heterocycles. The molecule has 0 spiro atoms. The molecule has 6 heteroatoms. The Morgan fingerprint density at radius 3 is 2.37 bits per heavy atom. The highest BCUT2D eigenvalue weighted by atomic mass is 32.1. The van der Waals surface area contributed by atoms with Crippen LogP contribution in [0.25, 0.3) is 0 Å². The second kappa shape index (κ2) is 9.74. The molecule has 1 aromatic heterocycles. The van der Waals surface area contributed by atoms with Crippen LogP contribution in [0.1, 0.15) is 66.4 Å². The van der Waals surface area contributed by atoms with Gasteiger partial charge in [0.25, 0.3) is 5.91 Å². The van der Waals surface area contributed by atoms with Gasteiger partial charge in [-0.2, -0.15) is 13.2 Å². The van der Waals surface area contributed by atoms with Crippen molar-refractivity contribution in [3.63, 3.8) is 0 Å².